The quantitative estimate of drug-likeness (QED) is 0.761. The number of hydrogen-bond acceptors (Lipinski definition) is 3. The summed E-state index contributed by atoms with van der Waals surface area (Å²) in [5, 5.41) is 5.23. The minimum Gasteiger partial charge on any atom is -0.292 e. The van der Waals surface area contributed by atoms with Gasteiger partial charge in [0.05, 0.1) is 0 Å². The van der Waals surface area contributed by atoms with Crippen LogP contribution in [-0.2, 0) is 4.79 Å². The van der Waals surface area contributed by atoms with Gasteiger partial charge in [-0.05, 0) is 0 Å². The average Bonchev–Trinajstić information content (AvgIpc) is 2.96. The van der Waals surface area contributed by atoms with Gasteiger partial charge >= 0.3 is 35.3 Å². The molecule has 1 saturated carbocycles. The summed E-state index contributed by atoms with van der Waals surface area (Å²) in [5.74, 6) is -41.2. The lowest BCUT2D eigenvalue weighted by Crippen LogP contribution is -2.86. The van der Waals surface area contributed by atoms with Gasteiger partial charge in [-0.1, -0.05) is 0 Å². The molecular formula is C9H3F11N4O. The van der Waals surface area contributed by atoms with Crippen molar-refractivity contribution in [1.29, 1.82) is 0 Å². The molecule has 0 radical (unpaired) electrons. The maximum absolute atomic E-state index is 14.2. The van der Waals surface area contributed by atoms with Crippen molar-refractivity contribution < 1.29 is 53.1 Å². The maximum Gasteiger partial charge on any atom is 0.384 e. The Bertz CT molecular complexity index is 656. The number of hydrogen-bond donors (Lipinski definition) is 2. The molecule has 1 aromatic heterocycles. The molecule has 16 heteroatoms. The zero-order valence-corrected chi connectivity index (χ0v) is 11.0. The lowest BCUT2D eigenvalue weighted by molar-refractivity contribution is -0.475. The largest absolute Gasteiger partial charge is 0.384 e. The number of aromatic amines is 1. The summed E-state index contributed by atoms with van der Waals surface area (Å²) in [7, 11) is 0. The molecule has 1 amide bonds. The summed E-state index contributed by atoms with van der Waals surface area (Å²) in [6, 6.07) is 0. The van der Waals surface area contributed by atoms with Crippen molar-refractivity contribution in [2.24, 2.45) is 0 Å². The summed E-state index contributed by atoms with van der Waals surface area (Å²) in [4.78, 5) is 14.3. The lowest BCUT2D eigenvalue weighted by atomic mass is 9.71. The fraction of sp³-hybridized carbons (Fsp3) is 0.667. The number of nitrogens with zero attached hydrogens (tertiary/aromatic N) is 2. The second-order valence-electron chi connectivity index (χ2n) is 4.82. The van der Waals surface area contributed by atoms with Crippen LogP contribution in [0.2, 0.25) is 0 Å². The highest BCUT2D eigenvalue weighted by atomic mass is 19.4. The topological polar surface area (TPSA) is 70.7 Å². The first-order valence-electron chi connectivity index (χ1n) is 5.75. The Kier molecular flexibility index (Phi) is 3.62. The van der Waals surface area contributed by atoms with Crippen LogP contribution in [0.4, 0.5) is 54.2 Å². The number of carbonyl (C=O) groups is 1. The van der Waals surface area contributed by atoms with E-state index in [1.54, 1.807) is 5.10 Å². The van der Waals surface area contributed by atoms with Gasteiger partial charge in [-0.3, -0.25) is 10.1 Å². The molecule has 0 aliphatic heterocycles. The van der Waals surface area contributed by atoms with E-state index in [1.165, 1.54) is 0 Å². The van der Waals surface area contributed by atoms with E-state index >= 15 is 0 Å². The van der Waals surface area contributed by atoms with Crippen LogP contribution in [0, 0.1) is 0 Å². The summed E-state index contributed by atoms with van der Waals surface area (Å²) in [5.41, 5.74) is -6.76. The van der Waals surface area contributed by atoms with Crippen LogP contribution in [0.1, 0.15) is 0 Å². The van der Waals surface area contributed by atoms with Gasteiger partial charge in [0, 0.05) is 0 Å². The van der Waals surface area contributed by atoms with Crippen LogP contribution in [-0.4, -0.2) is 56.4 Å². The van der Waals surface area contributed by atoms with Crippen LogP contribution in [0.3, 0.4) is 0 Å². The van der Waals surface area contributed by atoms with Gasteiger partial charge in [-0.25, -0.2) is 9.49 Å². The number of carbonyl (C=O) groups excluding carboxylic acids is 1. The van der Waals surface area contributed by atoms with E-state index in [0.717, 1.165) is 5.32 Å². The van der Waals surface area contributed by atoms with Crippen molar-refractivity contribution in [3.8, 4) is 0 Å². The molecule has 5 nitrogen and oxygen atoms in total. The summed E-state index contributed by atoms with van der Waals surface area (Å²) in [6.45, 7) is 0. The van der Waals surface area contributed by atoms with Crippen molar-refractivity contribution in [3.63, 3.8) is 0 Å². The highest BCUT2D eigenvalue weighted by Crippen LogP contribution is 2.69. The summed E-state index contributed by atoms with van der Waals surface area (Å²) < 4.78 is 147. The number of alkyl halides is 11. The van der Waals surface area contributed by atoms with E-state index in [2.05, 4.69) is 10.1 Å². The molecule has 2 rings (SSSR count). The average molecular weight is 392 g/mol. The third-order valence-electron chi connectivity index (χ3n) is 3.40. The van der Waals surface area contributed by atoms with Gasteiger partial charge in [-0.2, -0.15) is 54.0 Å². The van der Waals surface area contributed by atoms with Crippen molar-refractivity contribution in [3.05, 3.63) is 6.33 Å². The molecule has 25 heavy (non-hydrogen) atoms. The normalized spacial score (nSPS) is 27.5. The molecule has 1 heterocycles. The maximum atomic E-state index is 14.2. The predicted molar refractivity (Wildman–Crippen MR) is 53.6 cm³/mol. The highest BCUT2D eigenvalue weighted by molar-refractivity contribution is 5.98. The zero-order chi connectivity index (χ0) is 19.7. The monoisotopic (exact) mass is 392 g/mol. The fourth-order valence-electron chi connectivity index (χ4n) is 1.97. The SMILES string of the molecule is O=C(Nc1ncn[nH]1)C1(F)C(F)(F)C(F)(F)C(F)(F)C(F)(F)C1(F)F. The van der Waals surface area contributed by atoms with E-state index < -0.39 is 47.1 Å². The molecule has 1 aliphatic carbocycles. The first-order valence-corrected chi connectivity index (χ1v) is 5.75. The Hall–Kier alpha value is -2.16. The fourth-order valence-corrected chi connectivity index (χ4v) is 1.97. The van der Waals surface area contributed by atoms with E-state index in [1.807, 2.05) is 0 Å². The number of aromatic nitrogens is 3. The minimum atomic E-state index is -7.38. The van der Waals surface area contributed by atoms with Crippen molar-refractivity contribution in [1.82, 2.24) is 15.2 Å². The molecule has 142 valence electrons. The standard InChI is InChI=1S/C9H3F11N4O/c10-4(2(25)23-3-21-1-22-24-3)5(11,12)7(15,16)9(19,20)8(17,18)6(4,13)14/h1H,(H2,21,22,23,24,25). The molecular weight excluding hydrogens is 389 g/mol. The van der Waals surface area contributed by atoms with Gasteiger partial charge in [0.2, 0.25) is 5.95 Å². The molecule has 0 saturated heterocycles. The first kappa shape index (κ1) is 19.2. The zero-order valence-electron chi connectivity index (χ0n) is 11.0. The molecule has 0 spiro atoms. The van der Waals surface area contributed by atoms with Crippen molar-refractivity contribution in [2.75, 3.05) is 5.32 Å². The first-order chi connectivity index (χ1) is 11.0. The van der Waals surface area contributed by atoms with Crippen LogP contribution >= 0.6 is 0 Å². The van der Waals surface area contributed by atoms with Crippen LogP contribution in [0.15, 0.2) is 6.33 Å². The number of H-pyrrole nitrogens is 1. The van der Waals surface area contributed by atoms with Crippen LogP contribution in [0.5, 0.6) is 0 Å². The van der Waals surface area contributed by atoms with Crippen molar-refractivity contribution in [2.45, 2.75) is 35.3 Å². The number of rotatable bonds is 2. The smallest absolute Gasteiger partial charge is 0.292 e. The van der Waals surface area contributed by atoms with E-state index in [4.69, 9.17) is 0 Å². The molecule has 0 unspecified atom stereocenters. The molecule has 0 aromatic carbocycles. The Morgan fingerprint density at radius 3 is 1.56 bits per heavy atom. The molecule has 1 aliphatic rings. The van der Waals surface area contributed by atoms with Crippen LogP contribution < -0.4 is 5.32 Å². The Morgan fingerprint density at radius 1 is 0.800 bits per heavy atom. The molecule has 0 bridgehead atoms. The minimum absolute atomic E-state index is 0.495. The predicted octanol–water partition coefficient (Wildman–Crippen LogP) is 2.64. The van der Waals surface area contributed by atoms with Gasteiger partial charge in [-0.15, -0.1) is 0 Å². The third kappa shape index (κ3) is 1.81. The second kappa shape index (κ2) is 4.72. The Balaban J connectivity index is 2.71. The van der Waals surface area contributed by atoms with Gasteiger partial charge < -0.3 is 0 Å². The van der Waals surface area contributed by atoms with E-state index in [-0.39, 0.29) is 0 Å². The molecule has 1 aromatic rings. The second-order valence-corrected chi connectivity index (χ2v) is 4.82. The summed E-state index contributed by atoms with van der Waals surface area (Å²) in [6.07, 6.45) is 0.495. The van der Waals surface area contributed by atoms with E-state index in [0.29, 0.717) is 6.33 Å². The summed E-state index contributed by atoms with van der Waals surface area (Å²) >= 11 is 0. The third-order valence-corrected chi connectivity index (χ3v) is 3.40. The molecule has 0 atom stereocenters. The number of halogens is 11. The molecule has 1 fully saturated rings. The van der Waals surface area contributed by atoms with Gasteiger partial charge in [0.25, 0.3) is 5.91 Å². The number of anilines is 1. The Morgan fingerprint density at radius 2 is 1.20 bits per heavy atom. The highest BCUT2D eigenvalue weighted by Gasteiger charge is 3.02. The van der Waals surface area contributed by atoms with Gasteiger partial charge in [0.15, 0.2) is 0 Å². The van der Waals surface area contributed by atoms with E-state index in [9.17, 15) is 53.1 Å². The van der Waals surface area contributed by atoms with Gasteiger partial charge in [0.1, 0.15) is 6.33 Å². The number of amides is 1. The Labute approximate surface area is 128 Å². The number of nitrogens with one attached hydrogen (secondary N) is 2. The lowest BCUT2D eigenvalue weighted by Gasteiger charge is -2.51. The molecule has 2 N–H and O–H groups in total. The van der Waals surface area contributed by atoms with Crippen LogP contribution in [0.25, 0.3) is 0 Å². The van der Waals surface area contributed by atoms with Crippen molar-refractivity contribution >= 4 is 11.9 Å².